The first-order chi connectivity index (χ1) is 12.7. The average Bonchev–Trinajstić information content (AvgIpc) is 2.68. The number of amides is 1. The molecule has 1 amide bonds. The van der Waals surface area contributed by atoms with Crippen molar-refractivity contribution in [2.24, 2.45) is 0 Å². The number of benzene rings is 1. The summed E-state index contributed by atoms with van der Waals surface area (Å²) in [5, 5.41) is 3.58. The lowest BCUT2D eigenvalue weighted by atomic mass is 10.2. The smallest absolute Gasteiger partial charge is 0.257 e. The second kappa shape index (κ2) is 6.60. The Morgan fingerprint density at radius 2 is 1.81 bits per heavy atom. The second-order valence-corrected chi connectivity index (χ2v) is 5.66. The number of nitrogens with one attached hydrogen (secondary N) is 1. The van der Waals surface area contributed by atoms with E-state index in [1.165, 1.54) is 10.6 Å². The van der Waals surface area contributed by atoms with Crippen LogP contribution in [-0.2, 0) is 0 Å². The van der Waals surface area contributed by atoms with Gasteiger partial charge in [0.25, 0.3) is 11.5 Å². The SMILES string of the molecule is O=C(Nc1ccc2cccnc2n1)c1ccn(-c2ccccc2)c(=O)c1. The maximum atomic E-state index is 12.4. The van der Waals surface area contributed by atoms with Gasteiger partial charge in [-0.1, -0.05) is 18.2 Å². The van der Waals surface area contributed by atoms with Crippen LogP contribution in [0, 0.1) is 0 Å². The van der Waals surface area contributed by atoms with E-state index in [9.17, 15) is 9.59 Å². The molecule has 0 saturated heterocycles. The molecule has 0 unspecified atom stereocenters. The highest BCUT2D eigenvalue weighted by molar-refractivity contribution is 6.04. The van der Waals surface area contributed by atoms with E-state index in [0.29, 0.717) is 11.5 Å². The maximum absolute atomic E-state index is 12.4. The Hall–Kier alpha value is -3.80. The van der Waals surface area contributed by atoms with Gasteiger partial charge in [0.05, 0.1) is 0 Å². The van der Waals surface area contributed by atoms with E-state index in [1.807, 2.05) is 48.5 Å². The first-order valence-corrected chi connectivity index (χ1v) is 8.02. The van der Waals surface area contributed by atoms with Crippen molar-refractivity contribution in [2.45, 2.75) is 0 Å². The summed E-state index contributed by atoms with van der Waals surface area (Å²) in [6.45, 7) is 0. The van der Waals surface area contributed by atoms with Gasteiger partial charge in [0, 0.05) is 35.1 Å². The zero-order valence-electron chi connectivity index (χ0n) is 13.7. The van der Waals surface area contributed by atoms with Crippen molar-refractivity contribution in [3.63, 3.8) is 0 Å². The van der Waals surface area contributed by atoms with Crippen LogP contribution in [0.1, 0.15) is 10.4 Å². The van der Waals surface area contributed by atoms with Crippen LogP contribution in [0.15, 0.2) is 83.9 Å². The summed E-state index contributed by atoms with van der Waals surface area (Å²) in [6.07, 6.45) is 3.23. The first kappa shape index (κ1) is 15.7. The van der Waals surface area contributed by atoms with E-state index in [2.05, 4.69) is 15.3 Å². The zero-order valence-corrected chi connectivity index (χ0v) is 13.7. The van der Waals surface area contributed by atoms with E-state index in [-0.39, 0.29) is 11.1 Å². The predicted octanol–water partition coefficient (Wildman–Crippen LogP) is 3.03. The maximum Gasteiger partial charge on any atom is 0.257 e. The van der Waals surface area contributed by atoms with Crippen molar-refractivity contribution in [3.05, 3.63) is 95.0 Å². The van der Waals surface area contributed by atoms with Gasteiger partial charge in [-0.2, -0.15) is 0 Å². The van der Waals surface area contributed by atoms with E-state index in [0.717, 1.165) is 11.1 Å². The number of pyridine rings is 3. The minimum Gasteiger partial charge on any atom is -0.306 e. The third-order valence-corrected chi connectivity index (χ3v) is 3.92. The monoisotopic (exact) mass is 342 g/mol. The number of para-hydroxylation sites is 1. The van der Waals surface area contributed by atoms with E-state index in [4.69, 9.17) is 0 Å². The summed E-state index contributed by atoms with van der Waals surface area (Å²) in [7, 11) is 0. The molecule has 1 N–H and O–H groups in total. The number of aromatic nitrogens is 3. The van der Waals surface area contributed by atoms with Crippen molar-refractivity contribution in [1.82, 2.24) is 14.5 Å². The molecular formula is C20H14N4O2. The van der Waals surface area contributed by atoms with Crippen LogP contribution in [-0.4, -0.2) is 20.4 Å². The highest BCUT2D eigenvalue weighted by Gasteiger charge is 2.10. The molecule has 6 nitrogen and oxygen atoms in total. The van der Waals surface area contributed by atoms with E-state index >= 15 is 0 Å². The van der Waals surface area contributed by atoms with Crippen LogP contribution in [0.25, 0.3) is 16.7 Å². The Morgan fingerprint density at radius 3 is 2.62 bits per heavy atom. The summed E-state index contributed by atoms with van der Waals surface area (Å²) in [5.41, 5.74) is 1.28. The zero-order chi connectivity index (χ0) is 17.9. The molecule has 1 aromatic carbocycles. The van der Waals surface area contributed by atoms with Crippen LogP contribution in [0.5, 0.6) is 0 Å². The molecule has 0 saturated carbocycles. The van der Waals surface area contributed by atoms with Crippen LogP contribution in [0.2, 0.25) is 0 Å². The van der Waals surface area contributed by atoms with Crippen molar-refractivity contribution >= 4 is 22.8 Å². The fourth-order valence-electron chi connectivity index (χ4n) is 2.63. The number of fused-ring (bicyclic) bond motifs is 1. The lowest BCUT2D eigenvalue weighted by Gasteiger charge is -2.08. The number of hydrogen-bond acceptors (Lipinski definition) is 4. The summed E-state index contributed by atoms with van der Waals surface area (Å²) in [4.78, 5) is 33.2. The average molecular weight is 342 g/mol. The highest BCUT2D eigenvalue weighted by Crippen LogP contribution is 2.13. The Kier molecular flexibility index (Phi) is 3.99. The van der Waals surface area contributed by atoms with Gasteiger partial charge in [-0.15, -0.1) is 0 Å². The molecule has 0 aliphatic rings. The third-order valence-electron chi connectivity index (χ3n) is 3.92. The van der Waals surface area contributed by atoms with Gasteiger partial charge < -0.3 is 5.32 Å². The molecule has 0 spiro atoms. The molecule has 0 aliphatic heterocycles. The summed E-state index contributed by atoms with van der Waals surface area (Å²) in [6, 6.07) is 19.4. The molecular weight excluding hydrogens is 328 g/mol. The molecule has 0 fully saturated rings. The normalized spacial score (nSPS) is 10.6. The summed E-state index contributed by atoms with van der Waals surface area (Å²) >= 11 is 0. The van der Waals surface area contributed by atoms with Gasteiger partial charge in [-0.05, 0) is 42.5 Å². The van der Waals surface area contributed by atoms with Gasteiger partial charge in [0.1, 0.15) is 5.82 Å². The highest BCUT2D eigenvalue weighted by atomic mass is 16.2. The standard InChI is InChI=1S/C20H14N4O2/c25-18-13-15(10-12-24(18)16-6-2-1-3-7-16)20(26)23-17-9-8-14-5-4-11-21-19(14)22-17/h1-13H,(H,21,22,23,26). The van der Waals surface area contributed by atoms with Crippen molar-refractivity contribution < 1.29 is 4.79 Å². The van der Waals surface area contributed by atoms with Crippen LogP contribution in [0.3, 0.4) is 0 Å². The molecule has 3 heterocycles. The molecule has 0 atom stereocenters. The van der Waals surface area contributed by atoms with E-state index < -0.39 is 5.91 Å². The fourth-order valence-corrected chi connectivity index (χ4v) is 2.63. The van der Waals surface area contributed by atoms with Crippen molar-refractivity contribution in [3.8, 4) is 5.69 Å². The van der Waals surface area contributed by atoms with Crippen LogP contribution < -0.4 is 10.9 Å². The first-order valence-electron chi connectivity index (χ1n) is 8.02. The van der Waals surface area contributed by atoms with Crippen LogP contribution in [0.4, 0.5) is 5.82 Å². The quantitative estimate of drug-likeness (QED) is 0.621. The van der Waals surface area contributed by atoms with Gasteiger partial charge >= 0.3 is 0 Å². The Bertz CT molecular complexity index is 1150. The lowest BCUT2D eigenvalue weighted by molar-refractivity contribution is 0.102. The molecule has 26 heavy (non-hydrogen) atoms. The number of nitrogens with zero attached hydrogens (tertiary/aromatic N) is 3. The minimum absolute atomic E-state index is 0.269. The number of hydrogen-bond donors (Lipinski definition) is 1. The molecule has 4 rings (SSSR count). The lowest BCUT2D eigenvalue weighted by Crippen LogP contribution is -2.21. The van der Waals surface area contributed by atoms with Crippen molar-refractivity contribution in [2.75, 3.05) is 5.32 Å². The number of carbonyl (C=O) groups is 1. The molecule has 0 bridgehead atoms. The molecule has 0 radical (unpaired) electrons. The number of anilines is 1. The van der Waals surface area contributed by atoms with Gasteiger partial charge in [-0.3, -0.25) is 14.2 Å². The Morgan fingerprint density at radius 1 is 0.962 bits per heavy atom. The minimum atomic E-state index is -0.398. The van der Waals surface area contributed by atoms with Gasteiger partial charge in [-0.25, -0.2) is 9.97 Å². The number of rotatable bonds is 3. The molecule has 3 aromatic heterocycles. The summed E-state index contributed by atoms with van der Waals surface area (Å²) in [5.74, 6) is -0.0152. The summed E-state index contributed by atoms with van der Waals surface area (Å²) < 4.78 is 1.48. The van der Waals surface area contributed by atoms with E-state index in [1.54, 1.807) is 24.5 Å². The Labute approximate surface area is 148 Å². The second-order valence-electron chi connectivity index (χ2n) is 5.66. The number of carbonyl (C=O) groups excluding carboxylic acids is 1. The van der Waals surface area contributed by atoms with Crippen molar-refractivity contribution in [1.29, 1.82) is 0 Å². The third kappa shape index (κ3) is 3.08. The van der Waals surface area contributed by atoms with Crippen LogP contribution >= 0.6 is 0 Å². The fraction of sp³-hybridized carbons (Fsp3) is 0. The van der Waals surface area contributed by atoms with Gasteiger partial charge in [0.2, 0.25) is 0 Å². The molecule has 0 aliphatic carbocycles. The topological polar surface area (TPSA) is 76.9 Å². The molecule has 126 valence electrons. The molecule has 6 heteroatoms. The molecule has 4 aromatic rings. The largest absolute Gasteiger partial charge is 0.306 e. The Balaban J connectivity index is 1.60. The predicted molar refractivity (Wildman–Crippen MR) is 99.5 cm³/mol. The van der Waals surface area contributed by atoms with Gasteiger partial charge in [0.15, 0.2) is 5.65 Å².